The Hall–Kier alpha value is -1.62. The van der Waals surface area contributed by atoms with Gasteiger partial charge in [-0.3, -0.25) is 9.69 Å². The summed E-state index contributed by atoms with van der Waals surface area (Å²) in [4.78, 5) is 14.3. The van der Waals surface area contributed by atoms with Crippen molar-refractivity contribution < 1.29 is 9.18 Å². The molecule has 0 aromatic heterocycles. The van der Waals surface area contributed by atoms with E-state index in [0.717, 1.165) is 13.1 Å². The van der Waals surface area contributed by atoms with Gasteiger partial charge in [-0.2, -0.15) is 0 Å². The smallest absolute Gasteiger partial charge is 0.238 e. The summed E-state index contributed by atoms with van der Waals surface area (Å²) in [7, 11) is 0. The molecule has 0 bridgehead atoms. The average Bonchev–Trinajstić information content (AvgIpc) is 2.30. The van der Waals surface area contributed by atoms with Crippen LogP contribution in [0.25, 0.3) is 0 Å². The van der Waals surface area contributed by atoms with Gasteiger partial charge in [-0.1, -0.05) is 27.7 Å². The van der Waals surface area contributed by atoms with E-state index in [1.54, 1.807) is 0 Å². The molecule has 4 nitrogen and oxygen atoms in total. The molecule has 0 atom stereocenters. The number of nitrogens with one attached hydrogen (secondary N) is 1. The molecule has 0 heterocycles. The number of nitrogens with zero attached hydrogens (tertiary/aromatic N) is 1. The fourth-order valence-electron chi connectivity index (χ4n) is 2.28. The Morgan fingerprint density at radius 1 is 1.24 bits per heavy atom. The predicted octanol–water partition coefficient (Wildman–Crippen LogP) is 2.96. The number of carbonyl (C=O) groups excluding carboxylic acids is 1. The second-order valence-corrected chi connectivity index (χ2v) is 6.26. The standard InChI is InChI=1S/C16H26FN3O/c1-11(2)8-20(9-12(3)4)10-16(21)19-15-6-5-13(17)7-14(15)18/h5-7,11-12H,8-10,18H2,1-4H3,(H,19,21). The summed E-state index contributed by atoms with van der Waals surface area (Å²) in [6, 6.07) is 3.97. The molecule has 0 aliphatic carbocycles. The van der Waals surface area contributed by atoms with Gasteiger partial charge in [-0.05, 0) is 30.0 Å². The predicted molar refractivity (Wildman–Crippen MR) is 85.6 cm³/mol. The van der Waals surface area contributed by atoms with E-state index in [2.05, 4.69) is 37.9 Å². The molecule has 1 rings (SSSR count). The highest BCUT2D eigenvalue weighted by Gasteiger charge is 2.14. The quantitative estimate of drug-likeness (QED) is 0.760. The van der Waals surface area contributed by atoms with E-state index in [-0.39, 0.29) is 11.6 Å². The van der Waals surface area contributed by atoms with Gasteiger partial charge in [0.2, 0.25) is 5.91 Å². The van der Waals surface area contributed by atoms with Gasteiger partial charge >= 0.3 is 0 Å². The minimum Gasteiger partial charge on any atom is -0.397 e. The fraction of sp³-hybridized carbons (Fsp3) is 0.562. The van der Waals surface area contributed by atoms with E-state index in [0.29, 0.717) is 24.1 Å². The van der Waals surface area contributed by atoms with Crippen molar-refractivity contribution in [3.05, 3.63) is 24.0 Å². The molecule has 0 saturated heterocycles. The maximum atomic E-state index is 13.0. The molecule has 0 unspecified atom stereocenters. The molecule has 0 saturated carbocycles. The third kappa shape index (κ3) is 6.58. The van der Waals surface area contributed by atoms with Crippen LogP contribution >= 0.6 is 0 Å². The summed E-state index contributed by atoms with van der Waals surface area (Å²) >= 11 is 0. The van der Waals surface area contributed by atoms with Crippen molar-refractivity contribution in [1.29, 1.82) is 0 Å². The van der Waals surface area contributed by atoms with E-state index >= 15 is 0 Å². The van der Waals surface area contributed by atoms with Crippen molar-refractivity contribution in [3.8, 4) is 0 Å². The van der Waals surface area contributed by atoms with Crippen LogP contribution in [0.15, 0.2) is 18.2 Å². The van der Waals surface area contributed by atoms with Crippen molar-refractivity contribution in [1.82, 2.24) is 4.90 Å². The van der Waals surface area contributed by atoms with Gasteiger partial charge in [0, 0.05) is 13.1 Å². The van der Waals surface area contributed by atoms with Crippen LogP contribution in [-0.2, 0) is 4.79 Å². The molecule has 21 heavy (non-hydrogen) atoms. The molecule has 1 aromatic carbocycles. The fourth-order valence-corrected chi connectivity index (χ4v) is 2.28. The van der Waals surface area contributed by atoms with Crippen molar-refractivity contribution in [2.75, 3.05) is 30.7 Å². The topological polar surface area (TPSA) is 58.4 Å². The minimum atomic E-state index is -0.410. The number of hydrogen-bond donors (Lipinski definition) is 2. The molecule has 5 heteroatoms. The highest BCUT2D eigenvalue weighted by atomic mass is 19.1. The number of carbonyl (C=O) groups is 1. The summed E-state index contributed by atoms with van der Waals surface area (Å²) in [6.07, 6.45) is 0. The maximum absolute atomic E-state index is 13.0. The Morgan fingerprint density at radius 3 is 2.29 bits per heavy atom. The first-order valence-electron chi connectivity index (χ1n) is 7.35. The first-order chi connectivity index (χ1) is 9.77. The zero-order chi connectivity index (χ0) is 16.0. The largest absolute Gasteiger partial charge is 0.397 e. The van der Waals surface area contributed by atoms with Gasteiger partial charge in [-0.25, -0.2) is 4.39 Å². The van der Waals surface area contributed by atoms with Crippen LogP contribution in [0.1, 0.15) is 27.7 Å². The van der Waals surface area contributed by atoms with Crippen LogP contribution in [0.5, 0.6) is 0 Å². The Kier molecular flexibility index (Phi) is 6.62. The number of halogens is 1. The molecule has 0 fully saturated rings. The van der Waals surface area contributed by atoms with E-state index in [1.165, 1.54) is 18.2 Å². The van der Waals surface area contributed by atoms with E-state index in [9.17, 15) is 9.18 Å². The number of hydrogen-bond acceptors (Lipinski definition) is 3. The van der Waals surface area contributed by atoms with E-state index < -0.39 is 5.82 Å². The second-order valence-electron chi connectivity index (χ2n) is 6.26. The number of benzene rings is 1. The molecule has 0 aliphatic heterocycles. The molecule has 118 valence electrons. The van der Waals surface area contributed by atoms with Gasteiger partial charge in [0.25, 0.3) is 0 Å². The summed E-state index contributed by atoms with van der Waals surface area (Å²) in [5.41, 5.74) is 6.39. The van der Waals surface area contributed by atoms with Gasteiger partial charge in [-0.15, -0.1) is 0 Å². The molecule has 1 aromatic rings. The van der Waals surface area contributed by atoms with Gasteiger partial charge in [0.15, 0.2) is 0 Å². The number of amides is 1. The van der Waals surface area contributed by atoms with Crippen LogP contribution in [0.3, 0.4) is 0 Å². The lowest BCUT2D eigenvalue weighted by atomic mass is 10.1. The van der Waals surface area contributed by atoms with Crippen LogP contribution in [0.4, 0.5) is 15.8 Å². The average molecular weight is 295 g/mol. The van der Waals surface area contributed by atoms with Crippen LogP contribution < -0.4 is 11.1 Å². The number of nitrogens with two attached hydrogens (primary N) is 1. The first kappa shape index (κ1) is 17.4. The van der Waals surface area contributed by atoms with Gasteiger partial charge in [0.05, 0.1) is 17.9 Å². The monoisotopic (exact) mass is 295 g/mol. The van der Waals surface area contributed by atoms with Crippen molar-refractivity contribution >= 4 is 17.3 Å². The van der Waals surface area contributed by atoms with Crippen molar-refractivity contribution in [2.45, 2.75) is 27.7 Å². The second kappa shape index (κ2) is 7.98. The molecule has 3 N–H and O–H groups in total. The van der Waals surface area contributed by atoms with Crippen molar-refractivity contribution in [3.63, 3.8) is 0 Å². The number of anilines is 2. The van der Waals surface area contributed by atoms with E-state index in [4.69, 9.17) is 5.73 Å². The lowest BCUT2D eigenvalue weighted by Gasteiger charge is -2.25. The Morgan fingerprint density at radius 2 is 1.81 bits per heavy atom. The highest BCUT2D eigenvalue weighted by molar-refractivity contribution is 5.95. The third-order valence-corrected chi connectivity index (χ3v) is 2.90. The lowest BCUT2D eigenvalue weighted by Crippen LogP contribution is -2.38. The van der Waals surface area contributed by atoms with Crippen LogP contribution in [0, 0.1) is 17.7 Å². The van der Waals surface area contributed by atoms with E-state index in [1.807, 2.05) is 0 Å². The van der Waals surface area contributed by atoms with Gasteiger partial charge < -0.3 is 11.1 Å². The number of rotatable bonds is 7. The third-order valence-electron chi connectivity index (χ3n) is 2.90. The zero-order valence-electron chi connectivity index (χ0n) is 13.3. The normalized spacial score (nSPS) is 11.4. The summed E-state index contributed by atoms with van der Waals surface area (Å²) in [5.74, 6) is 0.446. The summed E-state index contributed by atoms with van der Waals surface area (Å²) in [6.45, 7) is 10.6. The first-order valence-corrected chi connectivity index (χ1v) is 7.35. The Balaban J connectivity index is 2.64. The maximum Gasteiger partial charge on any atom is 0.238 e. The molecule has 1 amide bonds. The SMILES string of the molecule is CC(C)CN(CC(=O)Nc1ccc(F)cc1N)CC(C)C. The Labute approximate surface area is 126 Å². The summed E-state index contributed by atoms with van der Waals surface area (Å²) in [5, 5.41) is 2.74. The van der Waals surface area contributed by atoms with Crippen molar-refractivity contribution in [2.24, 2.45) is 11.8 Å². The van der Waals surface area contributed by atoms with Crippen LogP contribution in [0.2, 0.25) is 0 Å². The molecule has 0 radical (unpaired) electrons. The minimum absolute atomic E-state index is 0.130. The highest BCUT2D eigenvalue weighted by Crippen LogP contribution is 2.19. The Bertz CT molecular complexity index is 465. The molecular formula is C16H26FN3O. The lowest BCUT2D eigenvalue weighted by molar-refractivity contribution is -0.117. The zero-order valence-corrected chi connectivity index (χ0v) is 13.3. The molecule has 0 spiro atoms. The van der Waals surface area contributed by atoms with Gasteiger partial charge in [0.1, 0.15) is 5.82 Å². The molecule has 0 aliphatic rings. The number of nitrogen functional groups attached to an aromatic ring is 1. The molecular weight excluding hydrogens is 269 g/mol. The summed E-state index contributed by atoms with van der Waals surface area (Å²) < 4.78 is 13.0. The van der Waals surface area contributed by atoms with Crippen LogP contribution in [-0.4, -0.2) is 30.4 Å².